The molecule has 2 aromatic carbocycles. The number of benzene rings is 2. The first-order valence-corrected chi connectivity index (χ1v) is 7.86. The minimum absolute atomic E-state index is 0.0464. The average Bonchev–Trinajstić information content (AvgIpc) is 2.80. The number of likely N-dealkylation sites (N-methyl/N-ethyl adjacent to an activating group) is 1. The van der Waals surface area contributed by atoms with Gasteiger partial charge in [0.25, 0.3) is 11.8 Å². The summed E-state index contributed by atoms with van der Waals surface area (Å²) in [6.45, 7) is 2.80. The van der Waals surface area contributed by atoms with Crippen LogP contribution in [0.2, 0.25) is 0 Å². The molecule has 0 aliphatic carbocycles. The zero-order valence-electron chi connectivity index (χ0n) is 14.0. The number of rotatable bonds is 5. The first-order valence-electron chi connectivity index (χ1n) is 7.86. The Morgan fingerprint density at radius 1 is 0.958 bits per heavy atom. The predicted molar refractivity (Wildman–Crippen MR) is 92.7 cm³/mol. The van der Waals surface area contributed by atoms with E-state index in [9.17, 15) is 9.59 Å². The van der Waals surface area contributed by atoms with Gasteiger partial charge in [0.1, 0.15) is 11.9 Å². The Hall–Kier alpha value is -2.66. The van der Waals surface area contributed by atoms with Crippen LogP contribution in [0.1, 0.15) is 27.6 Å². The van der Waals surface area contributed by atoms with Crippen molar-refractivity contribution >= 4 is 17.5 Å². The second-order valence-corrected chi connectivity index (χ2v) is 6.18. The summed E-state index contributed by atoms with van der Waals surface area (Å²) in [7, 11) is 3.98. The lowest BCUT2D eigenvalue weighted by atomic mass is 10.1. The summed E-state index contributed by atoms with van der Waals surface area (Å²) in [5.41, 5.74) is 1.44. The summed E-state index contributed by atoms with van der Waals surface area (Å²) in [5.74, 6) is 0.139. The molecule has 5 heteroatoms. The number of hydrogen-bond donors (Lipinski definition) is 0. The fraction of sp³-hybridized carbons (Fsp3) is 0.263. The molecule has 1 aliphatic heterocycles. The van der Waals surface area contributed by atoms with Gasteiger partial charge in [0.15, 0.2) is 0 Å². The molecule has 0 saturated heterocycles. The second kappa shape index (κ2) is 6.45. The fourth-order valence-corrected chi connectivity index (χ4v) is 2.88. The molecule has 1 atom stereocenters. The van der Waals surface area contributed by atoms with Gasteiger partial charge in [0.2, 0.25) is 0 Å². The van der Waals surface area contributed by atoms with Crippen molar-refractivity contribution in [1.29, 1.82) is 0 Å². The zero-order valence-corrected chi connectivity index (χ0v) is 14.0. The maximum Gasteiger partial charge on any atom is 0.266 e. The largest absolute Gasteiger partial charge is 0.489 e. The lowest BCUT2D eigenvalue weighted by Crippen LogP contribution is -2.29. The van der Waals surface area contributed by atoms with Crippen LogP contribution in [0.4, 0.5) is 5.69 Å². The van der Waals surface area contributed by atoms with Gasteiger partial charge in [-0.05, 0) is 57.4 Å². The van der Waals surface area contributed by atoms with Crippen LogP contribution in [0.25, 0.3) is 0 Å². The number of imide groups is 1. The van der Waals surface area contributed by atoms with Crippen LogP contribution < -0.4 is 9.64 Å². The van der Waals surface area contributed by atoms with E-state index in [2.05, 4.69) is 4.90 Å². The van der Waals surface area contributed by atoms with Crippen molar-refractivity contribution in [3.63, 3.8) is 0 Å². The van der Waals surface area contributed by atoms with E-state index in [4.69, 9.17) is 4.74 Å². The summed E-state index contributed by atoms with van der Waals surface area (Å²) < 4.78 is 5.83. The van der Waals surface area contributed by atoms with Gasteiger partial charge in [0, 0.05) is 6.54 Å². The maximum atomic E-state index is 12.5. The quantitative estimate of drug-likeness (QED) is 0.794. The zero-order chi connectivity index (χ0) is 17.3. The third-order valence-corrected chi connectivity index (χ3v) is 3.85. The van der Waals surface area contributed by atoms with Crippen LogP contribution in [-0.2, 0) is 0 Å². The molecule has 0 bridgehead atoms. The number of carbonyl (C=O) groups excluding carboxylic acids is 2. The van der Waals surface area contributed by atoms with Crippen LogP contribution >= 0.6 is 0 Å². The van der Waals surface area contributed by atoms with Gasteiger partial charge >= 0.3 is 0 Å². The van der Waals surface area contributed by atoms with Crippen molar-refractivity contribution in [1.82, 2.24) is 4.90 Å². The van der Waals surface area contributed by atoms with Gasteiger partial charge in [-0.2, -0.15) is 0 Å². The number of carbonyl (C=O) groups is 2. The van der Waals surface area contributed by atoms with Crippen LogP contribution in [0.3, 0.4) is 0 Å². The minimum atomic E-state index is -0.287. The SMILES string of the molecule is CC(CN(C)C)Oc1ccc(N2C(=O)c3ccccc3C2=O)cc1. The highest BCUT2D eigenvalue weighted by Gasteiger charge is 2.36. The van der Waals surface area contributed by atoms with E-state index in [1.165, 1.54) is 4.90 Å². The Morgan fingerprint density at radius 2 is 1.50 bits per heavy atom. The highest BCUT2D eigenvalue weighted by atomic mass is 16.5. The van der Waals surface area contributed by atoms with Crippen molar-refractivity contribution in [2.75, 3.05) is 25.5 Å². The maximum absolute atomic E-state index is 12.5. The van der Waals surface area contributed by atoms with Crippen molar-refractivity contribution in [2.24, 2.45) is 0 Å². The lowest BCUT2D eigenvalue weighted by molar-refractivity contribution is 0.0926. The van der Waals surface area contributed by atoms with Gasteiger partial charge < -0.3 is 9.64 Å². The smallest absolute Gasteiger partial charge is 0.266 e. The average molecular weight is 324 g/mol. The molecule has 0 N–H and O–H groups in total. The van der Waals surface area contributed by atoms with Crippen molar-refractivity contribution < 1.29 is 14.3 Å². The normalized spacial score (nSPS) is 14.9. The van der Waals surface area contributed by atoms with E-state index in [0.29, 0.717) is 22.6 Å². The Morgan fingerprint density at radius 3 is 2.00 bits per heavy atom. The topological polar surface area (TPSA) is 49.9 Å². The standard InChI is InChI=1S/C19H20N2O3/c1-13(12-20(2)3)24-15-10-8-14(9-11-15)21-18(22)16-6-4-5-7-17(16)19(21)23/h4-11,13H,12H2,1-3H3. The summed E-state index contributed by atoms with van der Waals surface area (Å²) in [6, 6.07) is 13.9. The van der Waals surface area contributed by atoms with E-state index in [0.717, 1.165) is 6.54 Å². The molecule has 124 valence electrons. The molecular formula is C19H20N2O3. The first-order chi connectivity index (χ1) is 11.5. The highest BCUT2D eigenvalue weighted by molar-refractivity contribution is 6.34. The number of ether oxygens (including phenoxy) is 1. The van der Waals surface area contributed by atoms with E-state index >= 15 is 0 Å². The van der Waals surface area contributed by atoms with Gasteiger partial charge in [-0.15, -0.1) is 0 Å². The summed E-state index contributed by atoms with van der Waals surface area (Å²) in [5, 5.41) is 0. The van der Waals surface area contributed by atoms with Crippen molar-refractivity contribution in [3.05, 3.63) is 59.7 Å². The predicted octanol–water partition coefficient (Wildman–Crippen LogP) is 2.82. The first kappa shape index (κ1) is 16.2. The monoisotopic (exact) mass is 324 g/mol. The molecule has 0 aromatic heterocycles. The molecule has 2 aromatic rings. The molecule has 1 heterocycles. The van der Waals surface area contributed by atoms with Gasteiger partial charge in [-0.1, -0.05) is 12.1 Å². The number of hydrogen-bond acceptors (Lipinski definition) is 4. The second-order valence-electron chi connectivity index (χ2n) is 6.18. The van der Waals surface area contributed by atoms with Crippen LogP contribution in [0.15, 0.2) is 48.5 Å². The molecule has 0 fully saturated rings. The Kier molecular flexibility index (Phi) is 4.36. The molecule has 3 rings (SSSR count). The van der Waals surface area contributed by atoms with Crippen LogP contribution in [0.5, 0.6) is 5.75 Å². The lowest BCUT2D eigenvalue weighted by Gasteiger charge is -2.19. The van der Waals surface area contributed by atoms with Gasteiger partial charge in [-0.3, -0.25) is 9.59 Å². The number of amides is 2. The molecule has 1 aliphatic rings. The molecule has 2 amide bonds. The molecule has 5 nitrogen and oxygen atoms in total. The van der Waals surface area contributed by atoms with E-state index in [1.807, 2.05) is 21.0 Å². The van der Waals surface area contributed by atoms with E-state index in [1.54, 1.807) is 48.5 Å². The molecule has 0 radical (unpaired) electrons. The summed E-state index contributed by atoms with van der Waals surface area (Å²) in [6.07, 6.45) is 0.0464. The molecule has 24 heavy (non-hydrogen) atoms. The summed E-state index contributed by atoms with van der Waals surface area (Å²) >= 11 is 0. The van der Waals surface area contributed by atoms with Gasteiger partial charge in [0.05, 0.1) is 16.8 Å². The Balaban J connectivity index is 1.77. The third-order valence-electron chi connectivity index (χ3n) is 3.85. The number of nitrogens with zero attached hydrogens (tertiary/aromatic N) is 2. The molecule has 1 unspecified atom stereocenters. The fourth-order valence-electron chi connectivity index (χ4n) is 2.88. The molecule has 0 spiro atoms. The van der Waals surface area contributed by atoms with Crippen LogP contribution in [-0.4, -0.2) is 43.5 Å². The van der Waals surface area contributed by atoms with Crippen LogP contribution in [0, 0.1) is 0 Å². The number of anilines is 1. The van der Waals surface area contributed by atoms with Crippen molar-refractivity contribution in [2.45, 2.75) is 13.0 Å². The minimum Gasteiger partial charge on any atom is -0.489 e. The number of fused-ring (bicyclic) bond motifs is 1. The Labute approximate surface area is 141 Å². The third kappa shape index (κ3) is 3.03. The summed E-state index contributed by atoms with van der Waals surface area (Å²) in [4.78, 5) is 28.2. The van der Waals surface area contributed by atoms with Crippen molar-refractivity contribution in [3.8, 4) is 5.75 Å². The van der Waals surface area contributed by atoms with Gasteiger partial charge in [-0.25, -0.2) is 4.90 Å². The van der Waals surface area contributed by atoms with E-state index < -0.39 is 0 Å². The molecule has 0 saturated carbocycles. The van der Waals surface area contributed by atoms with E-state index in [-0.39, 0.29) is 17.9 Å². The molecular weight excluding hydrogens is 304 g/mol. The highest BCUT2D eigenvalue weighted by Crippen LogP contribution is 2.29. The Bertz CT molecular complexity index is 733.